The Morgan fingerprint density at radius 1 is 0.984 bits per heavy atom. The molecule has 4 amide bonds. The first-order valence-corrected chi connectivity index (χ1v) is 20.9. The molecule has 3 aliphatic heterocycles. The van der Waals surface area contributed by atoms with E-state index in [0.717, 1.165) is 18.4 Å². The Kier molecular flexibility index (Phi) is 11.8. The Morgan fingerprint density at radius 3 is 2.49 bits per heavy atom. The standard InChI is InChI=1S/C44H50F2N10O5/c1-5-54(15-12-53-13-16-55(17-14-53)30-22-33(45)39(34(46)23-30)31-9-11-38(57)50-41(31)59)42(60)28-8-10-35-37(21-28)56-25-26(2)7-6-18-61-43-32(24-47-52(43)4)36-20-29(19-27(3)48-36)40(58)51-44(56)49-35/h8,10,19-24,26,31H,5-7,9,11-18,25H2,1-4H3,(H,49,51,58)(H,50,57,59)/t26-,31?/m1/s1. The highest BCUT2D eigenvalue weighted by atomic mass is 19.1. The normalized spacial score (nSPS) is 19.0. The highest BCUT2D eigenvalue weighted by Gasteiger charge is 2.33. The summed E-state index contributed by atoms with van der Waals surface area (Å²) in [5.74, 6) is -3.08. The third-order valence-electron chi connectivity index (χ3n) is 11.9. The average Bonchev–Trinajstić information content (AvgIpc) is 3.77. The van der Waals surface area contributed by atoms with E-state index in [-0.39, 0.29) is 36.1 Å². The highest BCUT2D eigenvalue weighted by molar-refractivity contribution is 6.05. The summed E-state index contributed by atoms with van der Waals surface area (Å²) in [5, 5.41) is 9.61. The maximum Gasteiger partial charge on any atom is 0.258 e. The van der Waals surface area contributed by atoms with Crippen LogP contribution in [0.25, 0.3) is 22.3 Å². The number of imidazole rings is 1. The number of anilines is 2. The first kappa shape index (κ1) is 41.5. The minimum absolute atomic E-state index is 0.0305. The number of nitrogens with zero attached hydrogens (tertiary/aromatic N) is 8. The number of piperidine rings is 1. The van der Waals surface area contributed by atoms with E-state index < -0.39 is 29.4 Å². The molecular weight excluding hydrogens is 787 g/mol. The minimum Gasteiger partial charge on any atom is -0.477 e. The molecule has 2 atom stereocenters. The van der Waals surface area contributed by atoms with E-state index in [9.17, 15) is 19.2 Å². The predicted molar refractivity (Wildman–Crippen MR) is 224 cm³/mol. The summed E-state index contributed by atoms with van der Waals surface area (Å²) in [6, 6.07) is 11.4. The van der Waals surface area contributed by atoms with Gasteiger partial charge in [0.15, 0.2) is 0 Å². The molecule has 3 aromatic heterocycles. The van der Waals surface area contributed by atoms with Crippen molar-refractivity contribution in [1.82, 2.24) is 39.4 Å². The second-order valence-corrected chi connectivity index (χ2v) is 16.2. The zero-order valence-corrected chi connectivity index (χ0v) is 34.8. The Bertz CT molecular complexity index is 2490. The third-order valence-corrected chi connectivity index (χ3v) is 11.9. The topological polar surface area (TPSA) is 160 Å². The monoisotopic (exact) mass is 836 g/mol. The molecule has 6 heterocycles. The van der Waals surface area contributed by atoms with Crippen LogP contribution < -0.4 is 20.3 Å². The van der Waals surface area contributed by atoms with Gasteiger partial charge < -0.3 is 19.1 Å². The molecule has 17 heteroatoms. The van der Waals surface area contributed by atoms with Crippen LogP contribution in [0.2, 0.25) is 0 Å². The predicted octanol–water partition coefficient (Wildman–Crippen LogP) is 5.28. The molecule has 0 spiro atoms. The second kappa shape index (κ2) is 17.4. The summed E-state index contributed by atoms with van der Waals surface area (Å²) in [7, 11) is 1.82. The van der Waals surface area contributed by atoms with Crippen LogP contribution >= 0.6 is 0 Å². The van der Waals surface area contributed by atoms with Crippen molar-refractivity contribution in [3.8, 4) is 17.1 Å². The van der Waals surface area contributed by atoms with Crippen LogP contribution in [0.5, 0.6) is 5.88 Å². The number of pyridine rings is 1. The van der Waals surface area contributed by atoms with E-state index >= 15 is 8.78 Å². The van der Waals surface area contributed by atoms with Gasteiger partial charge in [-0.15, -0.1) is 0 Å². The maximum absolute atomic E-state index is 15.3. The molecule has 2 N–H and O–H groups in total. The van der Waals surface area contributed by atoms with Crippen LogP contribution in [-0.4, -0.2) is 110 Å². The van der Waals surface area contributed by atoms with Crippen LogP contribution in [-0.2, 0) is 23.2 Å². The largest absolute Gasteiger partial charge is 0.477 e. The minimum atomic E-state index is -1.05. The molecule has 0 saturated carbocycles. The van der Waals surface area contributed by atoms with Crippen LogP contribution in [0.4, 0.5) is 20.4 Å². The van der Waals surface area contributed by atoms with Crippen molar-refractivity contribution in [2.24, 2.45) is 13.0 Å². The molecule has 2 bridgehead atoms. The third kappa shape index (κ3) is 8.69. The van der Waals surface area contributed by atoms with Gasteiger partial charge in [0.05, 0.1) is 41.0 Å². The fraction of sp³-hybridized carbons (Fsp3) is 0.432. The fourth-order valence-electron chi connectivity index (χ4n) is 8.56. The number of piperazine rings is 1. The number of hydrogen-bond acceptors (Lipinski definition) is 10. The van der Waals surface area contributed by atoms with E-state index in [1.807, 2.05) is 42.5 Å². The van der Waals surface area contributed by atoms with Crippen molar-refractivity contribution in [2.45, 2.75) is 58.9 Å². The first-order chi connectivity index (χ1) is 29.4. The molecule has 3 aliphatic rings. The smallest absolute Gasteiger partial charge is 0.258 e. The SMILES string of the molecule is CCN(CCN1CCN(c2cc(F)c(C3CCC(=O)NC3=O)c(F)c2)CC1)C(=O)c1ccc2nc3n(c2c1)C[C@H](C)CCCOc1c(cnn1C)-c1cc(cc(C)n1)C(=O)N3. The van der Waals surface area contributed by atoms with Crippen LogP contribution in [0.3, 0.4) is 0 Å². The lowest BCUT2D eigenvalue weighted by Gasteiger charge is -2.37. The summed E-state index contributed by atoms with van der Waals surface area (Å²) >= 11 is 0. The van der Waals surface area contributed by atoms with E-state index in [1.165, 1.54) is 12.1 Å². The average molecular weight is 837 g/mol. The summed E-state index contributed by atoms with van der Waals surface area (Å²) < 4.78 is 40.4. The number of aryl methyl sites for hydroxylation is 2. The van der Waals surface area contributed by atoms with Gasteiger partial charge in [-0.2, -0.15) is 5.10 Å². The van der Waals surface area contributed by atoms with Crippen LogP contribution in [0, 0.1) is 24.5 Å². The van der Waals surface area contributed by atoms with Crippen molar-refractivity contribution in [2.75, 3.05) is 62.6 Å². The first-order valence-electron chi connectivity index (χ1n) is 20.9. The Hall–Kier alpha value is -6.23. The van der Waals surface area contributed by atoms with E-state index in [4.69, 9.17) is 9.72 Å². The van der Waals surface area contributed by atoms with E-state index in [2.05, 4.69) is 32.5 Å². The molecule has 1 unspecified atom stereocenters. The molecular formula is C44H50F2N10O5. The van der Waals surface area contributed by atoms with Gasteiger partial charge in [-0.05, 0) is 81.5 Å². The van der Waals surface area contributed by atoms with Gasteiger partial charge in [-0.1, -0.05) is 6.92 Å². The molecule has 2 fully saturated rings. The number of aromatic nitrogens is 5. The van der Waals surface area contributed by atoms with E-state index in [0.29, 0.717) is 110 Å². The van der Waals surface area contributed by atoms with Gasteiger partial charge in [0.1, 0.15) is 11.6 Å². The van der Waals surface area contributed by atoms with Gasteiger partial charge in [0.25, 0.3) is 11.8 Å². The number of nitrogens with one attached hydrogen (secondary N) is 2. The number of carbonyl (C=O) groups is 4. The molecule has 15 nitrogen and oxygen atoms in total. The number of halogens is 2. The summed E-state index contributed by atoms with van der Waals surface area (Å²) in [6.07, 6.45) is 3.42. The number of ether oxygens (including phenoxy) is 1. The van der Waals surface area contributed by atoms with E-state index in [1.54, 1.807) is 34.0 Å². The maximum atomic E-state index is 15.3. The van der Waals surface area contributed by atoms with Gasteiger partial charge in [0.2, 0.25) is 23.6 Å². The number of rotatable bonds is 7. The van der Waals surface area contributed by atoms with Crippen LogP contribution in [0.15, 0.2) is 48.7 Å². The van der Waals surface area contributed by atoms with Crippen molar-refractivity contribution in [3.05, 3.63) is 82.7 Å². The summed E-state index contributed by atoms with van der Waals surface area (Å²) in [5.41, 5.74) is 4.36. The number of fused-ring (bicyclic) bond motifs is 7. The van der Waals surface area contributed by atoms with Crippen molar-refractivity contribution < 1.29 is 32.7 Å². The number of likely N-dealkylation sites (N-methyl/N-ethyl adjacent to an activating group) is 1. The zero-order valence-electron chi connectivity index (χ0n) is 34.8. The summed E-state index contributed by atoms with van der Waals surface area (Å²) in [4.78, 5) is 67.2. The van der Waals surface area contributed by atoms with Crippen LogP contribution in [0.1, 0.15) is 77.4 Å². The second-order valence-electron chi connectivity index (χ2n) is 16.2. The number of imide groups is 1. The van der Waals surface area contributed by atoms with Gasteiger partial charge in [-0.3, -0.25) is 39.7 Å². The molecule has 8 rings (SSSR count). The lowest BCUT2D eigenvalue weighted by atomic mass is 9.89. The number of hydrogen-bond donors (Lipinski definition) is 2. The number of benzene rings is 2. The highest BCUT2D eigenvalue weighted by Crippen LogP contribution is 2.34. The number of carbonyl (C=O) groups excluding carboxylic acids is 4. The lowest BCUT2D eigenvalue weighted by molar-refractivity contribution is -0.134. The van der Waals surface area contributed by atoms with Crippen molar-refractivity contribution in [3.63, 3.8) is 0 Å². The number of amides is 4. The molecule has 0 radical (unpaired) electrons. The van der Waals surface area contributed by atoms with Gasteiger partial charge >= 0.3 is 0 Å². The quantitative estimate of drug-likeness (QED) is 0.207. The molecule has 2 saturated heterocycles. The zero-order chi connectivity index (χ0) is 42.9. The molecule has 61 heavy (non-hydrogen) atoms. The molecule has 0 aliphatic carbocycles. The van der Waals surface area contributed by atoms with Crippen molar-refractivity contribution in [1.29, 1.82) is 0 Å². The fourth-order valence-corrected chi connectivity index (χ4v) is 8.56. The van der Waals surface area contributed by atoms with Gasteiger partial charge in [-0.25, -0.2) is 18.4 Å². The lowest BCUT2D eigenvalue weighted by Crippen LogP contribution is -2.49. The van der Waals surface area contributed by atoms with Gasteiger partial charge in [0, 0.05) is 93.9 Å². The molecule has 320 valence electrons. The molecule has 2 aromatic carbocycles. The van der Waals surface area contributed by atoms with Crippen molar-refractivity contribution >= 4 is 46.3 Å². The summed E-state index contributed by atoms with van der Waals surface area (Å²) in [6.45, 7) is 10.8. The molecule has 5 aromatic rings. The Labute approximate surface area is 352 Å². The Morgan fingerprint density at radius 2 is 1.75 bits per heavy atom. The Balaban J connectivity index is 0.948.